The van der Waals surface area contributed by atoms with Crippen molar-refractivity contribution in [3.05, 3.63) is 22.9 Å². The molecule has 118 valence electrons. The number of aromatic nitrogens is 4. The Balaban J connectivity index is 2.01. The summed E-state index contributed by atoms with van der Waals surface area (Å²) in [4.78, 5) is 11.9. The average Bonchev–Trinajstić information content (AvgIpc) is 3.02. The molecule has 3 rings (SSSR count). The first-order valence-corrected chi connectivity index (χ1v) is 6.86. The number of nitrogens with zero attached hydrogens (tertiary/aromatic N) is 4. The molecule has 4 atom stereocenters. The minimum Gasteiger partial charge on any atom is -0.507 e. The van der Waals surface area contributed by atoms with Gasteiger partial charge >= 0.3 is 0 Å². The Morgan fingerprint density at radius 3 is 2.64 bits per heavy atom. The molecule has 22 heavy (non-hydrogen) atoms. The first-order chi connectivity index (χ1) is 10.4. The lowest BCUT2D eigenvalue weighted by Gasteiger charge is -2.16. The number of rotatable bonds is 2. The highest BCUT2D eigenvalue weighted by Gasteiger charge is 2.46. The molecule has 3 heterocycles. The van der Waals surface area contributed by atoms with Crippen LogP contribution >= 0.6 is 23.2 Å². The molecule has 0 spiro atoms. The van der Waals surface area contributed by atoms with Crippen LogP contribution in [0.15, 0.2) is 22.9 Å². The van der Waals surface area contributed by atoms with Crippen LogP contribution in [-0.4, -0.2) is 53.2 Å². The lowest BCUT2D eigenvalue weighted by atomic mass is 10.1. The second kappa shape index (κ2) is 5.52. The van der Waals surface area contributed by atoms with Gasteiger partial charge in [-0.1, -0.05) is 23.2 Å². The van der Waals surface area contributed by atoms with Gasteiger partial charge in [-0.05, 0) is 0 Å². The van der Waals surface area contributed by atoms with Gasteiger partial charge < -0.3 is 25.8 Å². The molecule has 0 aromatic carbocycles. The van der Waals surface area contributed by atoms with Crippen LogP contribution in [0.25, 0.3) is 11.2 Å². The maximum atomic E-state index is 10.1. The van der Waals surface area contributed by atoms with Crippen molar-refractivity contribution in [3.8, 4) is 0 Å². The summed E-state index contributed by atoms with van der Waals surface area (Å²) >= 11 is 11.0. The van der Waals surface area contributed by atoms with E-state index in [2.05, 4.69) is 15.0 Å². The van der Waals surface area contributed by atoms with Gasteiger partial charge in [-0.3, -0.25) is 4.57 Å². The van der Waals surface area contributed by atoms with Crippen molar-refractivity contribution in [2.24, 2.45) is 0 Å². The van der Waals surface area contributed by atoms with Crippen LogP contribution in [-0.2, 0) is 4.74 Å². The molecule has 0 unspecified atom stereocenters. The predicted molar refractivity (Wildman–Crippen MR) is 77.0 cm³/mol. The summed E-state index contributed by atoms with van der Waals surface area (Å²) in [5, 5.41) is 29.9. The summed E-state index contributed by atoms with van der Waals surface area (Å²) in [7, 11) is 0. The summed E-state index contributed by atoms with van der Waals surface area (Å²) in [6.07, 6.45) is -2.57. The van der Waals surface area contributed by atoms with Gasteiger partial charge in [0.15, 0.2) is 23.5 Å². The van der Waals surface area contributed by atoms with Gasteiger partial charge in [0, 0.05) is 0 Å². The average molecular weight is 348 g/mol. The van der Waals surface area contributed by atoms with Gasteiger partial charge in [0.25, 0.3) is 0 Å². The Bertz CT molecular complexity index is 747. The number of nitrogen functional groups attached to an aromatic ring is 1. The zero-order valence-electron chi connectivity index (χ0n) is 10.8. The first kappa shape index (κ1) is 15.3. The summed E-state index contributed by atoms with van der Waals surface area (Å²) < 4.78 is 6.36. The fourth-order valence-electron chi connectivity index (χ4n) is 2.28. The molecule has 1 fully saturated rings. The van der Waals surface area contributed by atoms with Crippen LogP contribution in [0, 0.1) is 0 Å². The molecule has 1 aliphatic heterocycles. The Labute approximate surface area is 133 Å². The van der Waals surface area contributed by atoms with Crippen molar-refractivity contribution < 1.29 is 20.1 Å². The molecule has 0 bridgehead atoms. The fourth-order valence-corrected chi connectivity index (χ4v) is 2.49. The molecule has 1 aliphatic rings. The van der Waals surface area contributed by atoms with Crippen molar-refractivity contribution in [1.82, 2.24) is 19.5 Å². The van der Waals surface area contributed by atoms with Crippen molar-refractivity contribution in [2.75, 3.05) is 5.73 Å². The predicted octanol–water partition coefficient (Wildman–Crippen LogP) is 0.232. The van der Waals surface area contributed by atoms with Crippen LogP contribution < -0.4 is 5.73 Å². The summed E-state index contributed by atoms with van der Waals surface area (Å²) in [5.74, 6) is -0.407. The molecule has 0 radical (unpaired) electrons. The number of imidazole rings is 1. The summed E-state index contributed by atoms with van der Waals surface area (Å²) in [5.41, 5.74) is 6.32. The fraction of sp³-hybridized carbons (Fsp3) is 0.364. The molecule has 1 saturated heterocycles. The molecular weight excluding hydrogens is 337 g/mol. The van der Waals surface area contributed by atoms with E-state index >= 15 is 0 Å². The zero-order valence-corrected chi connectivity index (χ0v) is 12.3. The van der Waals surface area contributed by atoms with E-state index in [0.717, 1.165) is 0 Å². The van der Waals surface area contributed by atoms with E-state index < -0.39 is 34.8 Å². The highest BCUT2D eigenvalue weighted by atomic mass is 35.5. The van der Waals surface area contributed by atoms with Crippen LogP contribution in [0.3, 0.4) is 0 Å². The SMILES string of the molecule is Nc1ncnc2c1ncn2[C@@H]1O[C@H](C(O)=C(Cl)Cl)[C@@H](O)[C@H]1O. The van der Waals surface area contributed by atoms with E-state index in [-0.39, 0.29) is 5.82 Å². The van der Waals surface area contributed by atoms with E-state index in [1.54, 1.807) is 0 Å². The van der Waals surface area contributed by atoms with E-state index in [0.29, 0.717) is 11.2 Å². The molecule has 2 aromatic heterocycles. The number of halogens is 2. The molecule has 2 aromatic rings. The van der Waals surface area contributed by atoms with Gasteiger partial charge in [-0.2, -0.15) is 0 Å². The summed E-state index contributed by atoms with van der Waals surface area (Å²) in [6, 6.07) is 0. The minimum absolute atomic E-state index is 0.167. The van der Waals surface area contributed by atoms with E-state index in [4.69, 9.17) is 33.7 Å². The normalized spacial score (nSPS) is 28.2. The lowest BCUT2D eigenvalue weighted by molar-refractivity contribution is -0.0341. The van der Waals surface area contributed by atoms with E-state index in [1.165, 1.54) is 17.2 Å². The highest BCUT2D eigenvalue weighted by molar-refractivity contribution is 6.56. The number of nitrogens with two attached hydrogens (primary N) is 1. The number of fused-ring (bicyclic) bond motifs is 1. The number of anilines is 1. The number of hydrogen-bond acceptors (Lipinski definition) is 8. The number of aliphatic hydroxyl groups is 3. The van der Waals surface area contributed by atoms with Crippen molar-refractivity contribution >= 4 is 40.2 Å². The monoisotopic (exact) mass is 347 g/mol. The van der Waals surface area contributed by atoms with Crippen LogP contribution in [0.2, 0.25) is 0 Å². The van der Waals surface area contributed by atoms with Gasteiger partial charge in [0.1, 0.15) is 34.6 Å². The third kappa shape index (κ3) is 2.27. The standard InChI is InChI=1S/C11H11Cl2N5O4/c12-8(13)6(21)7-4(19)5(20)11(22-7)18-2-17-3-9(14)15-1-16-10(3)18/h1-2,4-5,7,11,19-21H,(H2,14,15,16)/t4-,5+,7-,11+/m0/s1. The largest absolute Gasteiger partial charge is 0.507 e. The third-order valence-electron chi connectivity index (χ3n) is 3.36. The molecule has 5 N–H and O–H groups in total. The quantitative estimate of drug-likeness (QED) is 0.566. The molecule has 0 amide bonds. The number of aliphatic hydroxyl groups excluding tert-OH is 3. The topological polar surface area (TPSA) is 140 Å². The lowest BCUT2D eigenvalue weighted by Crippen LogP contribution is -2.32. The molecule has 0 aliphatic carbocycles. The third-order valence-corrected chi connectivity index (χ3v) is 3.75. The van der Waals surface area contributed by atoms with Crippen molar-refractivity contribution in [3.63, 3.8) is 0 Å². The Hall–Kier alpha value is -1.65. The summed E-state index contributed by atoms with van der Waals surface area (Å²) in [6.45, 7) is 0. The van der Waals surface area contributed by atoms with Gasteiger partial charge in [-0.25, -0.2) is 15.0 Å². The molecule has 9 nitrogen and oxygen atoms in total. The zero-order chi connectivity index (χ0) is 16.0. The smallest absolute Gasteiger partial charge is 0.167 e. The van der Waals surface area contributed by atoms with Crippen molar-refractivity contribution in [2.45, 2.75) is 24.5 Å². The van der Waals surface area contributed by atoms with Crippen molar-refractivity contribution in [1.29, 1.82) is 0 Å². The maximum Gasteiger partial charge on any atom is 0.167 e. The Kier molecular flexibility index (Phi) is 3.83. The highest BCUT2D eigenvalue weighted by Crippen LogP contribution is 2.35. The Morgan fingerprint density at radius 2 is 1.95 bits per heavy atom. The number of ether oxygens (including phenoxy) is 1. The molecule has 11 heteroatoms. The van der Waals surface area contributed by atoms with Crippen LogP contribution in [0.4, 0.5) is 5.82 Å². The first-order valence-electron chi connectivity index (χ1n) is 6.10. The van der Waals surface area contributed by atoms with Gasteiger partial charge in [0.05, 0.1) is 6.33 Å². The maximum absolute atomic E-state index is 10.1. The molecular formula is C11H11Cl2N5O4. The second-order valence-corrected chi connectivity index (χ2v) is 5.61. The number of hydrogen-bond donors (Lipinski definition) is 4. The second-order valence-electron chi connectivity index (χ2n) is 4.66. The van der Waals surface area contributed by atoms with Gasteiger partial charge in [0.2, 0.25) is 0 Å². The Morgan fingerprint density at radius 1 is 1.23 bits per heavy atom. The van der Waals surface area contributed by atoms with E-state index in [9.17, 15) is 15.3 Å². The van der Waals surface area contributed by atoms with Gasteiger partial charge in [-0.15, -0.1) is 0 Å². The van der Waals surface area contributed by atoms with Crippen LogP contribution in [0.1, 0.15) is 6.23 Å². The van der Waals surface area contributed by atoms with Crippen LogP contribution in [0.5, 0.6) is 0 Å². The molecule has 0 saturated carbocycles. The minimum atomic E-state index is -1.44. The van der Waals surface area contributed by atoms with E-state index in [1.807, 2.05) is 0 Å².